The van der Waals surface area contributed by atoms with Crippen molar-refractivity contribution in [3.63, 3.8) is 0 Å². The average molecular weight is 614 g/mol. The molecule has 0 atom stereocenters. The molecule has 0 spiro atoms. The van der Waals surface area contributed by atoms with Crippen molar-refractivity contribution in [2.24, 2.45) is 0 Å². The number of para-hydroxylation sites is 2. The first-order valence-corrected chi connectivity index (χ1v) is 13.7. The third-order valence-corrected chi connectivity index (χ3v) is 7.62. The van der Waals surface area contributed by atoms with Gasteiger partial charge < -0.3 is 9.47 Å². The van der Waals surface area contributed by atoms with Crippen molar-refractivity contribution in [3.05, 3.63) is 104 Å². The van der Waals surface area contributed by atoms with Gasteiger partial charge in [0, 0.05) is 24.2 Å². The first-order valence-electron chi connectivity index (χ1n) is 12.1. The highest BCUT2D eigenvalue weighted by molar-refractivity contribution is 9.10. The second-order valence-electron chi connectivity index (χ2n) is 8.70. The predicted molar refractivity (Wildman–Crippen MR) is 156 cm³/mol. The Labute approximate surface area is 240 Å². The Hall–Kier alpha value is -4.61. The Morgan fingerprint density at radius 1 is 1.00 bits per heavy atom. The molecule has 9 nitrogen and oxygen atoms in total. The van der Waals surface area contributed by atoms with Gasteiger partial charge in [-0.1, -0.05) is 41.7 Å². The molecule has 0 fully saturated rings. The van der Waals surface area contributed by atoms with Crippen molar-refractivity contribution in [1.29, 1.82) is 0 Å². The first kappa shape index (κ1) is 25.7. The van der Waals surface area contributed by atoms with Crippen LogP contribution in [-0.4, -0.2) is 37.5 Å². The van der Waals surface area contributed by atoms with E-state index in [0.29, 0.717) is 38.1 Å². The maximum absolute atomic E-state index is 13.4. The van der Waals surface area contributed by atoms with Gasteiger partial charge in [-0.05, 0) is 64.5 Å². The molecule has 3 aromatic heterocycles. The first-order chi connectivity index (χ1) is 19.4. The summed E-state index contributed by atoms with van der Waals surface area (Å²) in [6.45, 7) is 1.33. The largest absolute Gasteiger partial charge is 0.496 e. The van der Waals surface area contributed by atoms with Gasteiger partial charge in [-0.3, -0.25) is 9.59 Å². The number of halogens is 1. The summed E-state index contributed by atoms with van der Waals surface area (Å²) in [6, 6.07) is 22.4. The van der Waals surface area contributed by atoms with Crippen LogP contribution in [0.15, 0.2) is 88.3 Å². The highest BCUT2D eigenvalue weighted by atomic mass is 79.9. The maximum Gasteiger partial charge on any atom is 0.308 e. The van der Waals surface area contributed by atoms with Crippen LogP contribution in [0.25, 0.3) is 39.4 Å². The van der Waals surface area contributed by atoms with E-state index in [1.807, 2.05) is 54.7 Å². The van der Waals surface area contributed by atoms with E-state index >= 15 is 0 Å². The zero-order valence-corrected chi connectivity index (χ0v) is 23.6. The van der Waals surface area contributed by atoms with Gasteiger partial charge in [-0.15, -0.1) is 5.10 Å². The maximum atomic E-state index is 13.4. The van der Waals surface area contributed by atoms with Gasteiger partial charge in [0.15, 0.2) is 5.82 Å². The number of nitrogens with zero attached hydrogens (tertiary/aromatic N) is 5. The van der Waals surface area contributed by atoms with Gasteiger partial charge in [0.25, 0.3) is 5.56 Å². The van der Waals surface area contributed by atoms with Crippen LogP contribution >= 0.6 is 27.3 Å². The molecule has 11 heteroatoms. The summed E-state index contributed by atoms with van der Waals surface area (Å²) in [5.74, 6) is 0.879. The molecule has 3 heterocycles. The number of carbonyl (C=O) groups is 1. The van der Waals surface area contributed by atoms with E-state index in [1.54, 1.807) is 42.1 Å². The fourth-order valence-electron chi connectivity index (χ4n) is 4.23. The van der Waals surface area contributed by atoms with E-state index in [4.69, 9.17) is 14.6 Å². The summed E-state index contributed by atoms with van der Waals surface area (Å²) in [7, 11) is 1.61. The van der Waals surface area contributed by atoms with Crippen molar-refractivity contribution >= 4 is 44.3 Å². The lowest BCUT2D eigenvalue weighted by atomic mass is 10.1. The van der Waals surface area contributed by atoms with Gasteiger partial charge in [0.05, 0.1) is 27.4 Å². The summed E-state index contributed by atoms with van der Waals surface area (Å²) >= 11 is 4.78. The van der Waals surface area contributed by atoms with Crippen LogP contribution in [0, 0.1) is 0 Å². The lowest BCUT2D eigenvalue weighted by Gasteiger charge is -2.05. The SMILES string of the molecule is COc1ccc(-c2nn(-c3ccccc3)cc2C=c2sc3nc(-c4ccccc4OC(C)=O)nn3c2=O)cc1Br. The molecule has 0 radical (unpaired) electrons. The number of esters is 1. The van der Waals surface area contributed by atoms with Crippen LogP contribution in [0.3, 0.4) is 0 Å². The number of hydrogen-bond donors (Lipinski definition) is 0. The van der Waals surface area contributed by atoms with Crippen LogP contribution in [0.1, 0.15) is 12.5 Å². The number of thiazole rings is 1. The molecule has 0 aliphatic rings. The summed E-state index contributed by atoms with van der Waals surface area (Å²) in [5, 5.41) is 9.28. The molecule has 6 aromatic rings. The Balaban J connectivity index is 1.47. The molecular formula is C29H20BrN5O4S. The average Bonchev–Trinajstić information content (AvgIpc) is 3.64. The monoisotopic (exact) mass is 613 g/mol. The highest BCUT2D eigenvalue weighted by Gasteiger charge is 2.18. The molecule has 0 saturated carbocycles. The van der Waals surface area contributed by atoms with Gasteiger partial charge in [-0.25, -0.2) is 4.68 Å². The molecule has 0 amide bonds. The highest BCUT2D eigenvalue weighted by Crippen LogP contribution is 2.32. The molecule has 0 unspecified atom stereocenters. The quantitative estimate of drug-likeness (QED) is 0.194. The third-order valence-electron chi connectivity index (χ3n) is 6.04. The molecule has 198 valence electrons. The van der Waals surface area contributed by atoms with Crippen molar-refractivity contribution in [2.75, 3.05) is 7.11 Å². The number of benzene rings is 3. The topological polar surface area (TPSA) is 101 Å². The fourth-order valence-corrected chi connectivity index (χ4v) is 5.67. The van der Waals surface area contributed by atoms with Gasteiger partial charge in [0.2, 0.25) is 4.96 Å². The van der Waals surface area contributed by atoms with Crippen LogP contribution < -0.4 is 19.6 Å². The van der Waals surface area contributed by atoms with E-state index in [2.05, 4.69) is 26.0 Å². The van der Waals surface area contributed by atoms with Crippen LogP contribution in [0.2, 0.25) is 0 Å². The fraction of sp³-hybridized carbons (Fsp3) is 0.0690. The lowest BCUT2D eigenvalue weighted by Crippen LogP contribution is -2.23. The van der Waals surface area contributed by atoms with Crippen molar-refractivity contribution < 1.29 is 14.3 Å². The number of hydrogen-bond acceptors (Lipinski definition) is 8. The molecule has 0 aliphatic carbocycles. The molecule has 0 bridgehead atoms. The van der Waals surface area contributed by atoms with E-state index in [1.165, 1.54) is 22.8 Å². The van der Waals surface area contributed by atoms with Crippen LogP contribution in [0.5, 0.6) is 11.5 Å². The van der Waals surface area contributed by atoms with E-state index in [-0.39, 0.29) is 5.56 Å². The molecule has 40 heavy (non-hydrogen) atoms. The smallest absolute Gasteiger partial charge is 0.308 e. The number of carbonyl (C=O) groups excluding carboxylic acids is 1. The van der Waals surface area contributed by atoms with Crippen LogP contribution in [0.4, 0.5) is 0 Å². The zero-order valence-electron chi connectivity index (χ0n) is 21.2. The van der Waals surface area contributed by atoms with Gasteiger partial charge in [0.1, 0.15) is 17.2 Å². The third kappa shape index (κ3) is 4.80. The van der Waals surface area contributed by atoms with Crippen molar-refractivity contribution in [2.45, 2.75) is 6.92 Å². The van der Waals surface area contributed by atoms with Crippen LogP contribution in [-0.2, 0) is 4.79 Å². The Morgan fingerprint density at radius 2 is 1.77 bits per heavy atom. The number of methoxy groups -OCH3 is 1. The van der Waals surface area contributed by atoms with E-state index in [9.17, 15) is 9.59 Å². The predicted octanol–water partition coefficient (Wildman–Crippen LogP) is 4.91. The summed E-state index contributed by atoms with van der Waals surface area (Å²) < 4.78 is 15.0. The number of fused-ring (bicyclic) bond motifs is 1. The standard InChI is InChI=1S/C29H20BrN5O4S/c1-17(36)39-23-11-7-6-10-21(23)27-31-29-35(33-27)28(37)25(40-29)15-19-16-34(20-8-4-3-5-9-20)32-26(19)18-12-13-24(38-2)22(30)14-18/h3-16H,1-2H3. The minimum absolute atomic E-state index is 0.299. The molecular weight excluding hydrogens is 594 g/mol. The second-order valence-corrected chi connectivity index (χ2v) is 10.6. The van der Waals surface area contributed by atoms with Crippen molar-refractivity contribution in [3.8, 4) is 39.8 Å². The normalized spacial score (nSPS) is 11.7. The lowest BCUT2D eigenvalue weighted by molar-refractivity contribution is -0.131. The molecule has 0 N–H and O–H groups in total. The summed E-state index contributed by atoms with van der Waals surface area (Å²) in [5.41, 5.74) is 3.40. The Morgan fingerprint density at radius 3 is 2.50 bits per heavy atom. The molecule has 0 aliphatic heterocycles. The van der Waals surface area contributed by atoms with E-state index in [0.717, 1.165) is 21.3 Å². The zero-order chi connectivity index (χ0) is 27.8. The minimum atomic E-state index is -0.453. The molecule has 6 rings (SSSR count). The number of rotatable bonds is 6. The number of aromatic nitrogens is 5. The van der Waals surface area contributed by atoms with Crippen molar-refractivity contribution in [1.82, 2.24) is 24.4 Å². The van der Waals surface area contributed by atoms with Gasteiger partial charge in [-0.2, -0.15) is 14.6 Å². The minimum Gasteiger partial charge on any atom is -0.496 e. The molecule has 0 saturated heterocycles. The van der Waals surface area contributed by atoms with Gasteiger partial charge >= 0.3 is 5.97 Å². The number of ether oxygens (including phenoxy) is 2. The summed E-state index contributed by atoms with van der Waals surface area (Å²) in [4.78, 5) is 29.9. The second kappa shape index (κ2) is 10.5. The Kier molecular flexibility index (Phi) is 6.74. The summed E-state index contributed by atoms with van der Waals surface area (Å²) in [6.07, 6.45) is 3.69. The molecule has 3 aromatic carbocycles. The Bertz CT molecular complexity index is 2000. The van der Waals surface area contributed by atoms with E-state index < -0.39 is 5.97 Å².